The van der Waals surface area contributed by atoms with Crippen molar-refractivity contribution in [1.29, 1.82) is 0 Å². The highest BCUT2D eigenvalue weighted by atomic mass is 19.1. The molecule has 1 N–H and O–H groups in total. The highest BCUT2D eigenvalue weighted by Crippen LogP contribution is 2.39. The molecule has 38 heavy (non-hydrogen) atoms. The van der Waals surface area contributed by atoms with Gasteiger partial charge in [-0.25, -0.2) is 9.07 Å². The van der Waals surface area contributed by atoms with Gasteiger partial charge in [0.2, 0.25) is 5.65 Å². The van der Waals surface area contributed by atoms with Crippen molar-refractivity contribution in [3.05, 3.63) is 52.9 Å². The molecule has 4 aromatic rings. The Morgan fingerprint density at radius 2 is 1.84 bits per heavy atom. The fourth-order valence-electron chi connectivity index (χ4n) is 5.30. The zero-order valence-electron chi connectivity index (χ0n) is 22.4. The zero-order chi connectivity index (χ0) is 27.2. The first-order chi connectivity index (χ1) is 18.0. The molecule has 0 bridgehead atoms. The molecular formula is C27H32FN7O3. The van der Waals surface area contributed by atoms with Gasteiger partial charge in [-0.3, -0.25) is 4.79 Å². The molecule has 1 aliphatic rings. The van der Waals surface area contributed by atoms with E-state index in [1.54, 1.807) is 30.1 Å². The number of aryl methyl sites for hydroxylation is 1. The number of fused-ring (bicyclic) bond motifs is 1. The van der Waals surface area contributed by atoms with Crippen LogP contribution in [-0.4, -0.2) is 60.9 Å². The number of halogens is 1. The monoisotopic (exact) mass is 521 g/mol. The van der Waals surface area contributed by atoms with Crippen LogP contribution in [0.1, 0.15) is 40.2 Å². The SMILES string of the molecule is COCOc1cc(-c2ccn(C)c(=O)c2)ccc1-c1cc2nnn([C@H]3CC(C)(C)NC(C)(C)[C@H]3F)c2nn1. The summed E-state index contributed by atoms with van der Waals surface area (Å²) in [5.41, 5.74) is 2.55. The average Bonchev–Trinajstić information content (AvgIpc) is 3.29. The quantitative estimate of drug-likeness (QED) is 0.383. The van der Waals surface area contributed by atoms with Crippen LogP contribution in [0.4, 0.5) is 4.39 Å². The largest absolute Gasteiger partial charge is 0.467 e. The molecule has 0 radical (unpaired) electrons. The number of piperidine rings is 1. The molecule has 1 fully saturated rings. The van der Waals surface area contributed by atoms with E-state index in [1.807, 2.05) is 38.1 Å². The van der Waals surface area contributed by atoms with Gasteiger partial charge in [0.25, 0.3) is 5.56 Å². The normalized spacial score (nSPS) is 20.5. The topological polar surface area (TPSA) is 109 Å². The molecule has 0 spiro atoms. The smallest absolute Gasteiger partial charge is 0.250 e. The number of ether oxygens (including phenoxy) is 2. The van der Waals surface area contributed by atoms with E-state index in [4.69, 9.17) is 9.47 Å². The van der Waals surface area contributed by atoms with Crippen LogP contribution in [-0.2, 0) is 11.8 Å². The van der Waals surface area contributed by atoms with Crippen LogP contribution < -0.4 is 15.6 Å². The van der Waals surface area contributed by atoms with Crippen LogP contribution in [0.2, 0.25) is 0 Å². The molecule has 0 saturated carbocycles. The van der Waals surface area contributed by atoms with Gasteiger partial charge in [0.15, 0.2) is 6.79 Å². The first-order valence-electron chi connectivity index (χ1n) is 12.4. The molecular weight excluding hydrogens is 489 g/mol. The summed E-state index contributed by atoms with van der Waals surface area (Å²) in [5, 5.41) is 20.8. The third kappa shape index (κ3) is 4.79. The van der Waals surface area contributed by atoms with Crippen LogP contribution in [0.5, 0.6) is 5.75 Å². The summed E-state index contributed by atoms with van der Waals surface area (Å²) in [6, 6.07) is 10.2. The minimum atomic E-state index is -1.20. The van der Waals surface area contributed by atoms with E-state index in [0.29, 0.717) is 34.6 Å². The second-order valence-corrected chi connectivity index (χ2v) is 11.0. The molecule has 11 heteroatoms. The Morgan fingerprint density at radius 3 is 2.58 bits per heavy atom. The summed E-state index contributed by atoms with van der Waals surface area (Å²) in [4.78, 5) is 12.1. The van der Waals surface area contributed by atoms with Crippen molar-refractivity contribution in [2.75, 3.05) is 13.9 Å². The highest BCUT2D eigenvalue weighted by Gasteiger charge is 2.48. The van der Waals surface area contributed by atoms with Crippen molar-refractivity contribution in [2.45, 2.75) is 57.4 Å². The summed E-state index contributed by atoms with van der Waals surface area (Å²) in [6.07, 6.45) is 1.05. The summed E-state index contributed by atoms with van der Waals surface area (Å²) in [5.74, 6) is 0.511. The van der Waals surface area contributed by atoms with Crippen LogP contribution in [0.15, 0.2) is 47.4 Å². The molecule has 10 nitrogen and oxygen atoms in total. The molecule has 1 saturated heterocycles. The predicted molar refractivity (Wildman–Crippen MR) is 142 cm³/mol. The number of nitrogens with one attached hydrogen (secondary N) is 1. The van der Waals surface area contributed by atoms with E-state index in [1.165, 1.54) is 11.7 Å². The Labute approximate surface area is 219 Å². The van der Waals surface area contributed by atoms with E-state index in [2.05, 4.69) is 39.7 Å². The van der Waals surface area contributed by atoms with E-state index < -0.39 is 17.8 Å². The maximum atomic E-state index is 15.6. The molecule has 0 unspecified atom stereocenters. The van der Waals surface area contributed by atoms with Gasteiger partial charge in [0.05, 0.1) is 11.7 Å². The van der Waals surface area contributed by atoms with Crippen LogP contribution >= 0.6 is 0 Å². The molecule has 2 atom stereocenters. The summed E-state index contributed by atoms with van der Waals surface area (Å²) >= 11 is 0. The second-order valence-electron chi connectivity index (χ2n) is 11.0. The van der Waals surface area contributed by atoms with Crippen LogP contribution in [0.3, 0.4) is 0 Å². The Bertz CT molecular complexity index is 1550. The average molecular weight is 522 g/mol. The van der Waals surface area contributed by atoms with Gasteiger partial charge < -0.3 is 19.4 Å². The fraction of sp³-hybridized carbons (Fsp3) is 0.444. The first kappa shape index (κ1) is 25.9. The zero-order valence-corrected chi connectivity index (χ0v) is 22.4. The molecule has 0 aliphatic carbocycles. The number of alkyl halides is 1. The standard InChI is InChI=1S/C27H32FN7O3/c1-26(2)14-21(24(28)27(3,4)32-26)35-25-20(30-33-35)13-19(29-31-25)18-8-7-16(11-22(18)38-15-37-6)17-9-10-34(5)23(36)12-17/h7-13,21,24,32H,14-15H2,1-6H3/t21-,24-/m0/s1. The van der Waals surface area contributed by atoms with Crippen molar-refractivity contribution < 1.29 is 13.9 Å². The lowest BCUT2D eigenvalue weighted by atomic mass is 9.78. The van der Waals surface area contributed by atoms with E-state index in [9.17, 15) is 4.79 Å². The van der Waals surface area contributed by atoms with Gasteiger partial charge >= 0.3 is 0 Å². The second kappa shape index (κ2) is 9.55. The summed E-state index contributed by atoms with van der Waals surface area (Å²) < 4.78 is 29.6. The van der Waals surface area contributed by atoms with Gasteiger partial charge in [0, 0.05) is 43.1 Å². The van der Waals surface area contributed by atoms with Crippen molar-refractivity contribution in [3.8, 4) is 28.1 Å². The maximum absolute atomic E-state index is 15.6. The number of aromatic nitrogens is 6. The van der Waals surface area contributed by atoms with Crippen LogP contribution in [0.25, 0.3) is 33.5 Å². The van der Waals surface area contributed by atoms with Crippen molar-refractivity contribution >= 4 is 11.2 Å². The molecule has 200 valence electrons. The molecule has 3 aromatic heterocycles. The molecule has 1 aromatic carbocycles. The van der Waals surface area contributed by atoms with E-state index in [-0.39, 0.29) is 17.9 Å². The predicted octanol–water partition coefficient (Wildman–Crippen LogP) is 3.67. The maximum Gasteiger partial charge on any atom is 0.250 e. The third-order valence-corrected chi connectivity index (χ3v) is 6.97. The Kier molecular flexibility index (Phi) is 6.52. The number of hydrogen-bond donors (Lipinski definition) is 1. The van der Waals surface area contributed by atoms with Crippen LogP contribution in [0, 0.1) is 0 Å². The molecule has 1 aliphatic heterocycles. The number of hydrogen-bond acceptors (Lipinski definition) is 8. The third-order valence-electron chi connectivity index (χ3n) is 6.97. The Balaban J connectivity index is 1.53. The minimum absolute atomic E-state index is 0.0258. The fourth-order valence-corrected chi connectivity index (χ4v) is 5.30. The summed E-state index contributed by atoms with van der Waals surface area (Å²) in [7, 11) is 3.24. The Hall–Kier alpha value is -3.70. The number of methoxy groups -OCH3 is 1. The molecule has 5 rings (SSSR count). The lowest BCUT2D eigenvalue weighted by Gasteiger charge is -2.48. The number of nitrogens with zero attached hydrogens (tertiary/aromatic N) is 6. The first-order valence-corrected chi connectivity index (χ1v) is 12.4. The van der Waals surface area contributed by atoms with E-state index in [0.717, 1.165) is 11.1 Å². The van der Waals surface area contributed by atoms with Crippen molar-refractivity contribution in [3.63, 3.8) is 0 Å². The van der Waals surface area contributed by atoms with Crippen molar-refractivity contribution in [1.82, 2.24) is 35.1 Å². The van der Waals surface area contributed by atoms with Gasteiger partial charge in [-0.15, -0.1) is 15.3 Å². The molecule has 0 amide bonds. The van der Waals surface area contributed by atoms with Crippen molar-refractivity contribution in [2.24, 2.45) is 7.05 Å². The lowest BCUT2D eigenvalue weighted by molar-refractivity contribution is 0.0257. The van der Waals surface area contributed by atoms with E-state index >= 15 is 4.39 Å². The molecule has 4 heterocycles. The van der Waals surface area contributed by atoms with Gasteiger partial charge in [-0.2, -0.15) is 0 Å². The Morgan fingerprint density at radius 1 is 1.08 bits per heavy atom. The number of pyridine rings is 1. The summed E-state index contributed by atoms with van der Waals surface area (Å²) in [6.45, 7) is 7.84. The lowest BCUT2D eigenvalue weighted by Crippen LogP contribution is -2.64. The van der Waals surface area contributed by atoms with Gasteiger partial charge in [0.1, 0.15) is 17.4 Å². The van der Waals surface area contributed by atoms with Gasteiger partial charge in [-0.1, -0.05) is 11.3 Å². The minimum Gasteiger partial charge on any atom is -0.467 e. The van der Waals surface area contributed by atoms with Gasteiger partial charge in [-0.05, 0) is 69.5 Å². The number of rotatable bonds is 6. The number of benzene rings is 1. The highest BCUT2D eigenvalue weighted by molar-refractivity contribution is 5.79.